The number of non-ortho nitro benzene ring substituents is 1. The van der Waals surface area contributed by atoms with Gasteiger partial charge in [-0.05, 0) is 37.8 Å². The zero-order valence-electron chi connectivity index (χ0n) is 13.6. The minimum atomic E-state index is -0.655. The largest absolute Gasteiger partial charge is 0.453 e. The van der Waals surface area contributed by atoms with Crippen molar-refractivity contribution in [1.82, 2.24) is 10.2 Å². The summed E-state index contributed by atoms with van der Waals surface area (Å²) in [6, 6.07) is 5.77. The molecule has 0 saturated heterocycles. The predicted molar refractivity (Wildman–Crippen MR) is 87.4 cm³/mol. The Hall–Kier alpha value is -3.03. The second-order valence-electron chi connectivity index (χ2n) is 5.85. The van der Waals surface area contributed by atoms with Crippen molar-refractivity contribution in [3.05, 3.63) is 52.4 Å². The first-order chi connectivity index (χ1) is 12.0. The fourth-order valence-electron chi connectivity index (χ4n) is 2.62. The van der Waals surface area contributed by atoms with Gasteiger partial charge in [-0.25, -0.2) is 0 Å². The number of rotatable bonds is 6. The van der Waals surface area contributed by atoms with Crippen molar-refractivity contribution < 1.29 is 18.9 Å². The molecule has 0 radical (unpaired) electrons. The summed E-state index contributed by atoms with van der Waals surface area (Å²) in [6.45, 7) is 1.66. The predicted octanol–water partition coefficient (Wildman–Crippen LogP) is 3.61. The van der Waals surface area contributed by atoms with Crippen LogP contribution in [0, 0.1) is 16.0 Å². The number of carbonyl (C=O) groups excluding carboxylic acids is 1. The van der Waals surface area contributed by atoms with Gasteiger partial charge < -0.3 is 9.15 Å². The molecule has 0 aliphatic heterocycles. The molecule has 8 heteroatoms. The Morgan fingerprint density at radius 1 is 1.40 bits per heavy atom. The van der Waals surface area contributed by atoms with Gasteiger partial charge in [0.15, 0.2) is 6.10 Å². The monoisotopic (exact) mass is 343 g/mol. The summed E-state index contributed by atoms with van der Waals surface area (Å²) >= 11 is 0. The lowest BCUT2D eigenvalue weighted by Crippen LogP contribution is -2.12. The number of ether oxygens (including phenoxy) is 1. The van der Waals surface area contributed by atoms with Crippen LogP contribution in [0.15, 0.2) is 40.8 Å². The summed E-state index contributed by atoms with van der Waals surface area (Å²) in [5.74, 6) is 0.326. The van der Waals surface area contributed by atoms with Crippen LogP contribution in [0.1, 0.15) is 38.2 Å². The van der Waals surface area contributed by atoms with E-state index in [9.17, 15) is 14.9 Å². The SMILES string of the molecule is C[C@H](OC(=O)C[C@@H]1C=CCC1)c1nnc(-c2ccc([N+](=O)[O-])cc2)o1. The van der Waals surface area contributed by atoms with E-state index < -0.39 is 11.0 Å². The van der Waals surface area contributed by atoms with Gasteiger partial charge >= 0.3 is 5.97 Å². The van der Waals surface area contributed by atoms with Gasteiger partial charge in [0.25, 0.3) is 11.6 Å². The zero-order valence-corrected chi connectivity index (χ0v) is 13.6. The van der Waals surface area contributed by atoms with Crippen molar-refractivity contribution in [2.75, 3.05) is 0 Å². The van der Waals surface area contributed by atoms with Gasteiger partial charge in [0, 0.05) is 17.7 Å². The molecule has 0 unspecified atom stereocenters. The fourth-order valence-corrected chi connectivity index (χ4v) is 2.62. The number of nitro groups is 1. The van der Waals surface area contributed by atoms with E-state index in [1.165, 1.54) is 24.3 Å². The van der Waals surface area contributed by atoms with Crippen molar-refractivity contribution in [2.45, 2.75) is 32.3 Å². The van der Waals surface area contributed by atoms with Crippen molar-refractivity contribution in [3.63, 3.8) is 0 Å². The van der Waals surface area contributed by atoms with Crippen LogP contribution in [0.5, 0.6) is 0 Å². The van der Waals surface area contributed by atoms with Crippen LogP contribution in [-0.2, 0) is 9.53 Å². The van der Waals surface area contributed by atoms with E-state index in [4.69, 9.17) is 9.15 Å². The van der Waals surface area contributed by atoms with Crippen LogP contribution in [0.4, 0.5) is 5.69 Å². The third kappa shape index (κ3) is 4.09. The van der Waals surface area contributed by atoms with E-state index in [0.717, 1.165) is 12.8 Å². The molecular formula is C17H17N3O5. The van der Waals surface area contributed by atoms with Gasteiger partial charge in [-0.3, -0.25) is 14.9 Å². The molecule has 8 nitrogen and oxygen atoms in total. The molecule has 2 atom stereocenters. The molecule has 130 valence electrons. The van der Waals surface area contributed by atoms with Crippen molar-refractivity contribution in [1.29, 1.82) is 0 Å². The summed E-state index contributed by atoms with van der Waals surface area (Å²) < 4.78 is 10.9. The Balaban J connectivity index is 1.62. The number of hydrogen-bond acceptors (Lipinski definition) is 7. The molecule has 1 aromatic heterocycles. The number of hydrogen-bond donors (Lipinski definition) is 0. The van der Waals surface area contributed by atoms with Crippen molar-refractivity contribution in [3.8, 4) is 11.5 Å². The zero-order chi connectivity index (χ0) is 17.8. The average Bonchev–Trinajstić information content (AvgIpc) is 3.26. The van der Waals surface area contributed by atoms with E-state index in [0.29, 0.717) is 12.0 Å². The second kappa shape index (κ2) is 7.25. The Bertz CT molecular complexity index is 797. The molecule has 1 aliphatic carbocycles. The standard InChI is InChI=1S/C17H17N3O5/c1-11(24-15(21)10-12-4-2-3-5-12)16-18-19-17(25-16)13-6-8-14(9-7-13)20(22)23/h2,4,6-9,11-12H,3,5,10H2,1H3/t11-,12+/m0/s1. The molecule has 2 aromatic rings. The maximum atomic E-state index is 12.0. The lowest BCUT2D eigenvalue weighted by atomic mass is 10.1. The first kappa shape index (κ1) is 16.8. The molecule has 0 amide bonds. The number of esters is 1. The van der Waals surface area contributed by atoms with Crippen LogP contribution in [-0.4, -0.2) is 21.1 Å². The van der Waals surface area contributed by atoms with Crippen LogP contribution in [0.2, 0.25) is 0 Å². The van der Waals surface area contributed by atoms with Gasteiger partial charge in [-0.2, -0.15) is 0 Å². The third-order valence-corrected chi connectivity index (χ3v) is 3.96. The second-order valence-corrected chi connectivity index (χ2v) is 5.85. The highest BCUT2D eigenvalue weighted by molar-refractivity contribution is 5.70. The summed E-state index contributed by atoms with van der Waals surface area (Å²) in [6.07, 6.45) is 5.74. The third-order valence-electron chi connectivity index (χ3n) is 3.96. The number of nitro benzene ring substituents is 1. The molecule has 0 fully saturated rings. The Labute approximate surface area is 143 Å². The van der Waals surface area contributed by atoms with Crippen LogP contribution < -0.4 is 0 Å². The molecule has 0 bridgehead atoms. The summed E-state index contributed by atoms with van der Waals surface area (Å²) in [5.41, 5.74) is 0.533. The van der Waals surface area contributed by atoms with E-state index >= 15 is 0 Å². The smallest absolute Gasteiger partial charge is 0.307 e. The van der Waals surface area contributed by atoms with Crippen molar-refractivity contribution >= 4 is 11.7 Å². The van der Waals surface area contributed by atoms with Crippen LogP contribution in [0.3, 0.4) is 0 Å². The number of nitrogens with zero attached hydrogens (tertiary/aromatic N) is 3. The topological polar surface area (TPSA) is 108 Å². The average molecular weight is 343 g/mol. The quantitative estimate of drug-likeness (QED) is 0.341. The molecule has 1 aliphatic rings. The molecule has 0 saturated carbocycles. The number of allylic oxidation sites excluding steroid dienone is 2. The molecule has 3 rings (SSSR count). The first-order valence-electron chi connectivity index (χ1n) is 7.97. The highest BCUT2D eigenvalue weighted by Gasteiger charge is 2.21. The summed E-state index contributed by atoms with van der Waals surface area (Å²) in [5, 5.41) is 18.5. The molecular weight excluding hydrogens is 326 g/mol. The minimum absolute atomic E-state index is 0.0215. The van der Waals surface area contributed by atoms with Gasteiger partial charge in [-0.15, -0.1) is 10.2 Å². The van der Waals surface area contributed by atoms with Gasteiger partial charge in [-0.1, -0.05) is 12.2 Å². The Morgan fingerprint density at radius 3 is 2.80 bits per heavy atom. The lowest BCUT2D eigenvalue weighted by Gasteiger charge is -2.11. The number of carbonyl (C=O) groups is 1. The Kier molecular flexibility index (Phi) is 4.87. The molecule has 0 spiro atoms. The number of aromatic nitrogens is 2. The molecule has 1 heterocycles. The minimum Gasteiger partial charge on any atom is -0.453 e. The summed E-state index contributed by atoms with van der Waals surface area (Å²) in [7, 11) is 0. The van der Waals surface area contributed by atoms with E-state index in [2.05, 4.69) is 16.3 Å². The normalized spacial score (nSPS) is 17.4. The maximum absolute atomic E-state index is 12.0. The van der Waals surface area contributed by atoms with Gasteiger partial charge in [0.2, 0.25) is 5.89 Å². The lowest BCUT2D eigenvalue weighted by molar-refractivity contribution is -0.384. The number of benzene rings is 1. The van der Waals surface area contributed by atoms with E-state index in [1.54, 1.807) is 6.92 Å². The highest BCUT2D eigenvalue weighted by atomic mass is 16.6. The molecule has 1 aromatic carbocycles. The summed E-state index contributed by atoms with van der Waals surface area (Å²) in [4.78, 5) is 22.1. The van der Waals surface area contributed by atoms with Gasteiger partial charge in [0.1, 0.15) is 0 Å². The fraction of sp³-hybridized carbons (Fsp3) is 0.353. The molecule has 0 N–H and O–H groups in total. The maximum Gasteiger partial charge on any atom is 0.307 e. The van der Waals surface area contributed by atoms with E-state index in [-0.39, 0.29) is 29.4 Å². The Morgan fingerprint density at radius 2 is 2.16 bits per heavy atom. The van der Waals surface area contributed by atoms with Crippen LogP contribution >= 0.6 is 0 Å². The van der Waals surface area contributed by atoms with Gasteiger partial charge in [0.05, 0.1) is 11.3 Å². The first-order valence-corrected chi connectivity index (χ1v) is 7.97. The van der Waals surface area contributed by atoms with Crippen LogP contribution in [0.25, 0.3) is 11.5 Å². The van der Waals surface area contributed by atoms with Crippen molar-refractivity contribution in [2.24, 2.45) is 5.92 Å². The van der Waals surface area contributed by atoms with E-state index in [1.807, 2.05) is 6.08 Å². The highest BCUT2D eigenvalue weighted by Crippen LogP contribution is 2.26. The molecule has 25 heavy (non-hydrogen) atoms.